The average molecular weight is 322 g/mol. The number of ether oxygens (including phenoxy) is 1. The molecule has 1 aromatic heterocycles. The van der Waals surface area contributed by atoms with Crippen molar-refractivity contribution in [3.05, 3.63) is 22.4 Å². The van der Waals surface area contributed by atoms with Crippen LogP contribution >= 0.6 is 11.3 Å². The molecule has 3 rings (SSSR count). The van der Waals surface area contributed by atoms with Gasteiger partial charge in [-0.1, -0.05) is 6.07 Å². The average Bonchev–Trinajstić information content (AvgIpc) is 3.20. The van der Waals surface area contributed by atoms with E-state index in [1.54, 1.807) is 23.3 Å². The molecular weight excluding hydrogens is 300 g/mol. The highest BCUT2D eigenvalue weighted by Crippen LogP contribution is 2.37. The molecule has 2 saturated heterocycles. The largest absolute Gasteiger partial charge is 0.376 e. The van der Waals surface area contributed by atoms with E-state index in [0.717, 1.165) is 24.3 Å². The number of likely N-dealkylation sites (tertiary alicyclic amines) is 1. The lowest BCUT2D eigenvalue weighted by molar-refractivity contribution is -0.141. The van der Waals surface area contributed by atoms with Crippen LogP contribution in [0.15, 0.2) is 17.5 Å². The van der Waals surface area contributed by atoms with Crippen molar-refractivity contribution in [1.29, 1.82) is 0 Å². The monoisotopic (exact) mass is 322 g/mol. The van der Waals surface area contributed by atoms with Gasteiger partial charge in [-0.3, -0.25) is 9.59 Å². The van der Waals surface area contributed by atoms with E-state index in [1.807, 2.05) is 17.5 Å². The maximum absolute atomic E-state index is 12.6. The molecule has 2 aliphatic heterocycles. The zero-order valence-electron chi connectivity index (χ0n) is 12.8. The van der Waals surface area contributed by atoms with Gasteiger partial charge in [0.1, 0.15) is 0 Å². The van der Waals surface area contributed by atoms with E-state index in [1.165, 1.54) is 0 Å². The second kappa shape index (κ2) is 6.79. The number of piperidine rings is 1. The van der Waals surface area contributed by atoms with Gasteiger partial charge in [0, 0.05) is 31.5 Å². The van der Waals surface area contributed by atoms with E-state index >= 15 is 0 Å². The van der Waals surface area contributed by atoms with Crippen molar-refractivity contribution in [2.24, 2.45) is 5.92 Å². The van der Waals surface area contributed by atoms with Crippen LogP contribution in [0.4, 0.5) is 0 Å². The van der Waals surface area contributed by atoms with Crippen LogP contribution < -0.4 is 5.32 Å². The van der Waals surface area contributed by atoms with Gasteiger partial charge in [0.05, 0.1) is 18.1 Å². The minimum Gasteiger partial charge on any atom is -0.376 e. The molecule has 3 atom stereocenters. The summed E-state index contributed by atoms with van der Waals surface area (Å²) in [6.07, 6.45) is 3.28. The summed E-state index contributed by atoms with van der Waals surface area (Å²) in [5.74, 6) is -0.0300. The van der Waals surface area contributed by atoms with E-state index in [-0.39, 0.29) is 29.9 Å². The summed E-state index contributed by atoms with van der Waals surface area (Å²) in [7, 11) is 1.80. The fourth-order valence-electron chi connectivity index (χ4n) is 3.31. The SMILES string of the molecule is CN1C(=O)CC[C@H](C(=O)NC[C@@H]2CCCO2)[C@H]1c1cccs1. The molecule has 6 heteroatoms. The molecule has 22 heavy (non-hydrogen) atoms. The normalized spacial score (nSPS) is 28.9. The van der Waals surface area contributed by atoms with Crippen LogP contribution in [-0.4, -0.2) is 43.0 Å². The Morgan fingerprint density at radius 1 is 1.50 bits per heavy atom. The topological polar surface area (TPSA) is 58.6 Å². The molecule has 2 aliphatic rings. The number of rotatable bonds is 4. The highest BCUT2D eigenvalue weighted by Gasteiger charge is 2.39. The van der Waals surface area contributed by atoms with Crippen molar-refractivity contribution in [2.45, 2.75) is 37.8 Å². The van der Waals surface area contributed by atoms with E-state index in [4.69, 9.17) is 4.74 Å². The van der Waals surface area contributed by atoms with Crippen LogP contribution in [0.25, 0.3) is 0 Å². The van der Waals surface area contributed by atoms with Gasteiger partial charge in [-0.15, -0.1) is 11.3 Å². The summed E-state index contributed by atoms with van der Waals surface area (Å²) < 4.78 is 5.55. The number of carbonyl (C=O) groups is 2. The molecular formula is C16H22N2O3S. The highest BCUT2D eigenvalue weighted by molar-refractivity contribution is 7.10. The number of nitrogens with one attached hydrogen (secondary N) is 1. The van der Waals surface area contributed by atoms with Crippen LogP contribution in [0.3, 0.4) is 0 Å². The van der Waals surface area contributed by atoms with Crippen molar-refractivity contribution in [3.8, 4) is 0 Å². The van der Waals surface area contributed by atoms with Gasteiger partial charge >= 0.3 is 0 Å². The summed E-state index contributed by atoms with van der Waals surface area (Å²) >= 11 is 1.60. The Morgan fingerprint density at radius 3 is 3.05 bits per heavy atom. The predicted molar refractivity (Wildman–Crippen MR) is 84.5 cm³/mol. The molecule has 5 nitrogen and oxygen atoms in total. The Hall–Kier alpha value is -1.40. The lowest BCUT2D eigenvalue weighted by Gasteiger charge is -2.37. The fourth-order valence-corrected chi connectivity index (χ4v) is 4.25. The van der Waals surface area contributed by atoms with Gasteiger partial charge in [-0.05, 0) is 30.7 Å². The molecule has 2 amide bonds. The number of thiophene rings is 1. The molecule has 120 valence electrons. The van der Waals surface area contributed by atoms with Gasteiger partial charge in [0.15, 0.2) is 0 Å². The Balaban J connectivity index is 1.69. The lowest BCUT2D eigenvalue weighted by atomic mass is 9.87. The Morgan fingerprint density at radius 2 is 2.36 bits per heavy atom. The van der Waals surface area contributed by atoms with Crippen molar-refractivity contribution in [3.63, 3.8) is 0 Å². The Kier molecular flexibility index (Phi) is 4.78. The molecule has 0 bridgehead atoms. The summed E-state index contributed by atoms with van der Waals surface area (Å²) in [4.78, 5) is 27.4. The van der Waals surface area contributed by atoms with E-state index in [9.17, 15) is 9.59 Å². The second-order valence-corrected chi connectivity index (χ2v) is 6.97. The summed E-state index contributed by atoms with van der Waals surface area (Å²) in [5, 5.41) is 5.01. The molecule has 1 N–H and O–H groups in total. The first kappa shape index (κ1) is 15.5. The Labute approximate surface area is 134 Å². The third kappa shape index (κ3) is 3.17. The molecule has 0 aromatic carbocycles. The zero-order valence-corrected chi connectivity index (χ0v) is 13.6. The number of nitrogens with zero attached hydrogens (tertiary/aromatic N) is 1. The summed E-state index contributed by atoms with van der Waals surface area (Å²) in [6, 6.07) is 3.82. The van der Waals surface area contributed by atoms with Crippen molar-refractivity contribution in [1.82, 2.24) is 10.2 Å². The molecule has 0 unspecified atom stereocenters. The highest BCUT2D eigenvalue weighted by atomic mass is 32.1. The molecule has 1 aromatic rings. The summed E-state index contributed by atoms with van der Waals surface area (Å²) in [6.45, 7) is 1.36. The standard InChI is InChI=1S/C16H22N2O3S/c1-18-14(19)7-6-12(15(18)13-5-3-9-22-13)16(20)17-10-11-4-2-8-21-11/h3,5,9,11-12,15H,2,4,6-8,10H2,1H3,(H,17,20)/t11-,12-,15-/m0/s1. The van der Waals surface area contributed by atoms with E-state index < -0.39 is 0 Å². The van der Waals surface area contributed by atoms with Crippen molar-refractivity contribution >= 4 is 23.2 Å². The third-order valence-corrected chi connectivity index (χ3v) is 5.50. The minimum atomic E-state index is -0.178. The van der Waals surface area contributed by atoms with Gasteiger partial charge in [-0.2, -0.15) is 0 Å². The molecule has 3 heterocycles. The molecule has 2 fully saturated rings. The van der Waals surface area contributed by atoms with E-state index in [0.29, 0.717) is 19.4 Å². The first-order valence-corrected chi connectivity index (χ1v) is 8.73. The van der Waals surface area contributed by atoms with Crippen LogP contribution in [0, 0.1) is 5.92 Å². The van der Waals surface area contributed by atoms with Gasteiger partial charge in [0.25, 0.3) is 0 Å². The van der Waals surface area contributed by atoms with Gasteiger partial charge in [-0.25, -0.2) is 0 Å². The van der Waals surface area contributed by atoms with Crippen LogP contribution in [0.5, 0.6) is 0 Å². The molecule has 0 aliphatic carbocycles. The quantitative estimate of drug-likeness (QED) is 0.922. The lowest BCUT2D eigenvalue weighted by Crippen LogP contribution is -2.47. The van der Waals surface area contributed by atoms with Gasteiger partial charge < -0.3 is 15.0 Å². The maximum atomic E-state index is 12.6. The summed E-state index contributed by atoms with van der Waals surface area (Å²) in [5.41, 5.74) is 0. The molecule has 0 spiro atoms. The number of hydrogen-bond acceptors (Lipinski definition) is 4. The van der Waals surface area contributed by atoms with Crippen LogP contribution in [0.2, 0.25) is 0 Å². The molecule has 0 saturated carbocycles. The number of amides is 2. The number of hydrogen-bond donors (Lipinski definition) is 1. The predicted octanol–water partition coefficient (Wildman–Crippen LogP) is 1.95. The first-order chi connectivity index (χ1) is 10.7. The first-order valence-electron chi connectivity index (χ1n) is 7.85. The Bertz CT molecular complexity index is 526. The zero-order chi connectivity index (χ0) is 15.5. The minimum absolute atomic E-state index is 0.0354. The third-order valence-electron chi connectivity index (χ3n) is 4.56. The van der Waals surface area contributed by atoms with Crippen LogP contribution in [0.1, 0.15) is 36.6 Å². The van der Waals surface area contributed by atoms with Crippen molar-refractivity contribution in [2.75, 3.05) is 20.2 Å². The second-order valence-electron chi connectivity index (χ2n) is 5.99. The van der Waals surface area contributed by atoms with Gasteiger partial charge in [0.2, 0.25) is 11.8 Å². The van der Waals surface area contributed by atoms with Crippen molar-refractivity contribution < 1.29 is 14.3 Å². The van der Waals surface area contributed by atoms with Crippen LogP contribution in [-0.2, 0) is 14.3 Å². The fraction of sp³-hybridized carbons (Fsp3) is 0.625. The smallest absolute Gasteiger partial charge is 0.225 e. The maximum Gasteiger partial charge on any atom is 0.225 e. The number of carbonyl (C=O) groups excluding carboxylic acids is 2. The molecule has 0 radical (unpaired) electrons. The van der Waals surface area contributed by atoms with E-state index in [2.05, 4.69) is 5.32 Å².